The fourth-order valence-corrected chi connectivity index (χ4v) is 1.62. The van der Waals surface area contributed by atoms with Crippen molar-refractivity contribution in [1.82, 2.24) is 15.3 Å². The van der Waals surface area contributed by atoms with Crippen LogP contribution in [0.25, 0.3) is 0 Å². The molecular weight excluding hydrogens is 266 g/mol. The first-order valence-corrected chi connectivity index (χ1v) is 5.09. The number of carbonyl (C=O) groups excluding carboxylic acids is 2. The zero-order valence-corrected chi connectivity index (χ0v) is 9.55. The second-order valence-corrected chi connectivity index (χ2v) is 3.77. The molecule has 1 fully saturated rings. The lowest BCUT2D eigenvalue weighted by Gasteiger charge is -2.25. The van der Waals surface area contributed by atoms with Gasteiger partial charge in [-0.05, 0) is 11.6 Å². The van der Waals surface area contributed by atoms with Crippen molar-refractivity contribution in [1.29, 1.82) is 0 Å². The van der Waals surface area contributed by atoms with E-state index in [1.54, 1.807) is 0 Å². The summed E-state index contributed by atoms with van der Waals surface area (Å²) in [5.41, 5.74) is -0.415. The first-order valence-electron chi connectivity index (χ1n) is 4.72. The summed E-state index contributed by atoms with van der Waals surface area (Å²) in [6, 6.07) is 0. The summed E-state index contributed by atoms with van der Waals surface area (Å²) in [6.45, 7) is -0.417. The number of nitrogens with zero attached hydrogens (tertiary/aromatic N) is 4. The number of aromatic nitrogens is 2. The number of imide groups is 1. The summed E-state index contributed by atoms with van der Waals surface area (Å²) in [6.07, 6.45) is 0.932. The molecule has 0 unspecified atom stereocenters. The highest BCUT2D eigenvalue weighted by molar-refractivity contribution is 6.28. The first-order chi connectivity index (χ1) is 8.47. The molecule has 1 saturated heterocycles. The van der Waals surface area contributed by atoms with E-state index in [0.29, 0.717) is 0 Å². The molecule has 2 heterocycles. The average molecular weight is 272 g/mol. The van der Waals surface area contributed by atoms with Crippen molar-refractivity contribution < 1.29 is 14.5 Å². The lowest BCUT2D eigenvalue weighted by Crippen LogP contribution is -2.51. The van der Waals surface area contributed by atoms with Crippen LogP contribution in [0.5, 0.6) is 0 Å². The van der Waals surface area contributed by atoms with Crippen molar-refractivity contribution in [2.24, 2.45) is 0 Å². The highest BCUT2D eigenvalue weighted by Gasteiger charge is 2.29. The van der Waals surface area contributed by atoms with Gasteiger partial charge in [-0.25, -0.2) is 4.98 Å². The minimum Gasteiger partial charge on any atom is -0.332 e. The minimum absolute atomic E-state index is 0.150. The zero-order chi connectivity index (χ0) is 13.3. The molecule has 94 valence electrons. The van der Waals surface area contributed by atoms with E-state index in [9.17, 15) is 19.7 Å². The first kappa shape index (κ1) is 12.2. The van der Waals surface area contributed by atoms with E-state index in [1.165, 1.54) is 4.90 Å². The Labute approximate surface area is 105 Å². The molecule has 0 aromatic carbocycles. The van der Waals surface area contributed by atoms with Gasteiger partial charge in [0, 0.05) is 0 Å². The molecule has 1 aliphatic rings. The molecule has 9 nitrogen and oxygen atoms in total. The molecule has 2 rings (SSSR count). The molecule has 2 amide bonds. The molecule has 0 spiro atoms. The quantitative estimate of drug-likeness (QED) is 0.333. The van der Waals surface area contributed by atoms with Crippen LogP contribution in [0.4, 0.5) is 11.5 Å². The van der Waals surface area contributed by atoms with Crippen LogP contribution < -0.4 is 10.2 Å². The highest BCUT2D eigenvalue weighted by Crippen LogP contribution is 2.26. The van der Waals surface area contributed by atoms with Gasteiger partial charge in [-0.15, -0.1) is 0 Å². The van der Waals surface area contributed by atoms with Crippen LogP contribution in [0.3, 0.4) is 0 Å². The Morgan fingerprint density at radius 3 is 2.56 bits per heavy atom. The average Bonchev–Trinajstić information content (AvgIpc) is 2.27. The van der Waals surface area contributed by atoms with Gasteiger partial charge in [0.25, 0.3) is 0 Å². The number of nitrogens with one attached hydrogen (secondary N) is 1. The van der Waals surface area contributed by atoms with Gasteiger partial charge in [0.2, 0.25) is 22.9 Å². The van der Waals surface area contributed by atoms with E-state index < -0.39 is 22.4 Å². The van der Waals surface area contributed by atoms with Crippen molar-refractivity contribution in [3.63, 3.8) is 0 Å². The lowest BCUT2D eigenvalue weighted by molar-refractivity contribution is -0.384. The number of nitro groups is 1. The Hall–Kier alpha value is -2.29. The van der Waals surface area contributed by atoms with Gasteiger partial charge in [-0.2, -0.15) is 4.98 Å². The summed E-state index contributed by atoms with van der Waals surface area (Å²) in [5.74, 6) is -1.27. The second-order valence-electron chi connectivity index (χ2n) is 3.43. The maximum absolute atomic E-state index is 11.2. The van der Waals surface area contributed by atoms with E-state index in [-0.39, 0.29) is 24.2 Å². The molecular formula is C8H6ClN5O4. The number of hydrogen-bond acceptors (Lipinski definition) is 7. The summed E-state index contributed by atoms with van der Waals surface area (Å²) >= 11 is 5.56. The predicted molar refractivity (Wildman–Crippen MR) is 59.1 cm³/mol. The van der Waals surface area contributed by atoms with Crippen molar-refractivity contribution in [3.8, 4) is 0 Å². The number of rotatable bonds is 2. The molecule has 10 heteroatoms. The van der Waals surface area contributed by atoms with Crippen LogP contribution in [-0.2, 0) is 9.59 Å². The standard InChI is InChI=1S/C8H6ClN5O4/c9-8-10-1-4(14(17)18)7(12-8)13-2-5(15)11-6(16)3-13/h1H,2-3H2,(H,11,15,16). The SMILES string of the molecule is O=C1CN(c2nc(Cl)ncc2[N+](=O)[O-])CC(=O)N1. The van der Waals surface area contributed by atoms with E-state index >= 15 is 0 Å². The van der Waals surface area contributed by atoms with E-state index in [1.807, 2.05) is 0 Å². The zero-order valence-electron chi connectivity index (χ0n) is 8.79. The summed E-state index contributed by atoms with van der Waals surface area (Å²) < 4.78 is 0. The molecule has 18 heavy (non-hydrogen) atoms. The maximum atomic E-state index is 11.2. The van der Waals surface area contributed by atoms with E-state index in [0.717, 1.165) is 6.20 Å². The fourth-order valence-electron chi connectivity index (χ4n) is 1.49. The second kappa shape index (κ2) is 4.53. The summed E-state index contributed by atoms with van der Waals surface area (Å²) in [4.78, 5) is 40.9. The Bertz CT molecular complexity index is 532. The molecule has 1 aliphatic heterocycles. The fraction of sp³-hybridized carbons (Fsp3) is 0.250. The van der Waals surface area contributed by atoms with Gasteiger partial charge in [0.1, 0.15) is 6.20 Å². The van der Waals surface area contributed by atoms with Crippen molar-refractivity contribution in [2.75, 3.05) is 18.0 Å². The van der Waals surface area contributed by atoms with Gasteiger partial charge in [0.15, 0.2) is 0 Å². The molecule has 0 radical (unpaired) electrons. The molecule has 1 aromatic heterocycles. The van der Waals surface area contributed by atoms with Crippen molar-refractivity contribution in [3.05, 3.63) is 21.6 Å². The number of hydrogen-bond donors (Lipinski definition) is 1. The number of amides is 2. The lowest BCUT2D eigenvalue weighted by atomic mass is 10.3. The Kier molecular flexibility index (Phi) is 3.06. The van der Waals surface area contributed by atoms with Crippen LogP contribution in [-0.4, -0.2) is 39.8 Å². The monoisotopic (exact) mass is 271 g/mol. The smallest absolute Gasteiger partial charge is 0.329 e. The van der Waals surface area contributed by atoms with Gasteiger partial charge in [-0.1, -0.05) is 0 Å². The van der Waals surface area contributed by atoms with Crippen LogP contribution in [0.1, 0.15) is 0 Å². The van der Waals surface area contributed by atoms with Gasteiger partial charge >= 0.3 is 5.69 Å². The Balaban J connectivity index is 2.42. The normalized spacial score (nSPS) is 15.5. The predicted octanol–water partition coefficient (Wildman–Crippen LogP) is -0.499. The van der Waals surface area contributed by atoms with Crippen LogP contribution in [0.15, 0.2) is 6.20 Å². The van der Waals surface area contributed by atoms with Crippen molar-refractivity contribution in [2.45, 2.75) is 0 Å². The third-order valence-corrected chi connectivity index (χ3v) is 2.35. The molecule has 1 N–H and O–H groups in total. The maximum Gasteiger partial charge on any atom is 0.329 e. The van der Waals surface area contributed by atoms with E-state index in [4.69, 9.17) is 11.6 Å². The minimum atomic E-state index is -0.706. The third-order valence-electron chi connectivity index (χ3n) is 2.16. The van der Waals surface area contributed by atoms with Crippen LogP contribution in [0, 0.1) is 10.1 Å². The van der Waals surface area contributed by atoms with Gasteiger partial charge < -0.3 is 4.90 Å². The van der Waals surface area contributed by atoms with Crippen LogP contribution >= 0.6 is 11.6 Å². The summed E-state index contributed by atoms with van der Waals surface area (Å²) in [7, 11) is 0. The molecule has 0 saturated carbocycles. The number of piperazine rings is 1. The molecule has 0 atom stereocenters. The highest BCUT2D eigenvalue weighted by atomic mass is 35.5. The molecule has 0 aliphatic carbocycles. The Morgan fingerprint density at radius 2 is 2.00 bits per heavy atom. The third kappa shape index (κ3) is 2.35. The summed E-state index contributed by atoms with van der Waals surface area (Å²) in [5, 5.41) is 12.7. The Morgan fingerprint density at radius 1 is 1.39 bits per heavy atom. The molecule has 0 bridgehead atoms. The number of halogens is 1. The van der Waals surface area contributed by atoms with Crippen LogP contribution in [0.2, 0.25) is 5.28 Å². The van der Waals surface area contributed by atoms with Gasteiger partial charge in [-0.3, -0.25) is 25.0 Å². The molecule has 1 aromatic rings. The largest absolute Gasteiger partial charge is 0.332 e. The number of carbonyl (C=O) groups is 2. The van der Waals surface area contributed by atoms with Crippen molar-refractivity contribution >= 4 is 34.9 Å². The van der Waals surface area contributed by atoms with E-state index in [2.05, 4.69) is 15.3 Å². The number of anilines is 1. The topological polar surface area (TPSA) is 118 Å². The van der Waals surface area contributed by atoms with Gasteiger partial charge in [0.05, 0.1) is 18.0 Å².